The Labute approximate surface area is 163 Å². The largest absolute Gasteiger partial charge is 0.454 e. The first kappa shape index (κ1) is 18.6. The van der Waals surface area contributed by atoms with E-state index >= 15 is 0 Å². The van der Waals surface area contributed by atoms with Crippen molar-refractivity contribution in [1.29, 1.82) is 0 Å². The highest BCUT2D eigenvalue weighted by atomic mass is 16.7. The van der Waals surface area contributed by atoms with Crippen molar-refractivity contribution in [1.82, 2.24) is 15.1 Å². The third kappa shape index (κ3) is 3.27. The van der Waals surface area contributed by atoms with Crippen molar-refractivity contribution in [3.63, 3.8) is 0 Å². The van der Waals surface area contributed by atoms with Crippen molar-refractivity contribution in [2.75, 3.05) is 26.4 Å². The van der Waals surface area contributed by atoms with Gasteiger partial charge in [-0.05, 0) is 49.8 Å². The summed E-state index contributed by atoms with van der Waals surface area (Å²) in [6, 6.07) is 4.59. The van der Waals surface area contributed by atoms with Crippen LogP contribution in [0.1, 0.15) is 38.7 Å². The van der Waals surface area contributed by atoms with Crippen LogP contribution in [0.15, 0.2) is 18.2 Å². The van der Waals surface area contributed by atoms with Crippen LogP contribution >= 0.6 is 0 Å². The van der Waals surface area contributed by atoms with Crippen LogP contribution in [0.25, 0.3) is 0 Å². The molecule has 2 fully saturated rings. The molecule has 4 rings (SSSR count). The molecule has 0 spiro atoms. The number of hydrogen-bond donors (Lipinski definition) is 1. The van der Waals surface area contributed by atoms with Gasteiger partial charge in [0.25, 0.3) is 5.91 Å². The summed E-state index contributed by atoms with van der Waals surface area (Å²) in [6.07, 6.45) is 3.12. The lowest BCUT2D eigenvalue weighted by molar-refractivity contribution is -0.139. The zero-order chi connectivity index (χ0) is 19.9. The molecule has 3 aliphatic rings. The molecule has 0 radical (unpaired) electrons. The number of fused-ring (bicyclic) bond motifs is 1. The molecule has 150 valence electrons. The third-order valence-corrected chi connectivity index (χ3v) is 5.54. The lowest BCUT2D eigenvalue weighted by Gasteiger charge is -2.25. The maximum atomic E-state index is 13.1. The van der Waals surface area contributed by atoms with E-state index < -0.39 is 17.5 Å². The van der Waals surface area contributed by atoms with E-state index in [4.69, 9.17) is 9.47 Å². The molecule has 0 aromatic heterocycles. The van der Waals surface area contributed by atoms with Crippen LogP contribution in [0, 0.1) is 5.92 Å². The van der Waals surface area contributed by atoms with E-state index in [9.17, 15) is 14.4 Å². The minimum absolute atomic E-state index is 0.130. The maximum Gasteiger partial charge on any atom is 0.325 e. The number of ether oxygens (including phenoxy) is 2. The van der Waals surface area contributed by atoms with Crippen molar-refractivity contribution >= 4 is 17.8 Å². The van der Waals surface area contributed by atoms with Gasteiger partial charge in [-0.1, -0.05) is 13.0 Å². The number of urea groups is 1. The highest BCUT2D eigenvalue weighted by molar-refractivity contribution is 6.09. The Kier molecular flexibility index (Phi) is 4.64. The first-order valence-electron chi connectivity index (χ1n) is 9.74. The average molecular weight is 387 g/mol. The van der Waals surface area contributed by atoms with Crippen molar-refractivity contribution in [2.24, 2.45) is 5.92 Å². The quantitative estimate of drug-likeness (QED) is 0.721. The molecule has 0 bridgehead atoms. The Hall–Kier alpha value is -2.77. The normalized spacial score (nSPS) is 23.1. The van der Waals surface area contributed by atoms with Gasteiger partial charge >= 0.3 is 6.03 Å². The highest BCUT2D eigenvalue weighted by Gasteiger charge is 2.50. The molecule has 1 aromatic rings. The van der Waals surface area contributed by atoms with Crippen LogP contribution in [-0.2, 0) is 15.1 Å². The molecule has 2 heterocycles. The summed E-state index contributed by atoms with van der Waals surface area (Å²) in [6.45, 7) is 4.89. The molecular formula is C20H25N3O5. The van der Waals surface area contributed by atoms with Gasteiger partial charge in [-0.2, -0.15) is 0 Å². The second-order valence-corrected chi connectivity index (χ2v) is 7.80. The van der Waals surface area contributed by atoms with Crippen LogP contribution in [0.3, 0.4) is 0 Å². The number of benzene rings is 1. The van der Waals surface area contributed by atoms with Gasteiger partial charge in [-0.15, -0.1) is 0 Å². The monoisotopic (exact) mass is 387 g/mol. The Morgan fingerprint density at radius 1 is 1.29 bits per heavy atom. The molecule has 4 amide bonds. The van der Waals surface area contributed by atoms with Gasteiger partial charge in [0.1, 0.15) is 12.1 Å². The minimum Gasteiger partial charge on any atom is -0.454 e. The van der Waals surface area contributed by atoms with Crippen LogP contribution in [0.2, 0.25) is 0 Å². The predicted octanol–water partition coefficient (Wildman–Crippen LogP) is 1.83. The smallest absolute Gasteiger partial charge is 0.325 e. The lowest BCUT2D eigenvalue weighted by Crippen LogP contribution is -2.45. The standard InChI is InChI=1S/C20H25N3O5/c1-3-8-22(10-13-4-5-13)17(24)11-23-18(25)20(2,21-19(23)26)14-6-7-15-16(9-14)28-12-27-15/h6-7,9,13H,3-5,8,10-12H2,1-2H3,(H,21,26)/t20-/m1/s1. The van der Waals surface area contributed by atoms with Crippen LogP contribution < -0.4 is 14.8 Å². The molecule has 1 N–H and O–H groups in total. The fourth-order valence-electron chi connectivity index (χ4n) is 3.68. The number of carbonyl (C=O) groups is 3. The number of nitrogens with one attached hydrogen (secondary N) is 1. The van der Waals surface area contributed by atoms with E-state index in [1.165, 1.54) is 0 Å². The molecule has 1 aliphatic carbocycles. The maximum absolute atomic E-state index is 13.1. The van der Waals surface area contributed by atoms with Crippen molar-refractivity contribution < 1.29 is 23.9 Å². The molecule has 1 atom stereocenters. The fraction of sp³-hybridized carbons (Fsp3) is 0.550. The zero-order valence-electron chi connectivity index (χ0n) is 16.2. The third-order valence-electron chi connectivity index (χ3n) is 5.54. The first-order valence-corrected chi connectivity index (χ1v) is 9.74. The first-order chi connectivity index (χ1) is 13.4. The Morgan fingerprint density at radius 3 is 2.75 bits per heavy atom. The Bertz CT molecular complexity index is 822. The van der Waals surface area contributed by atoms with Crippen LogP contribution in [-0.4, -0.2) is 54.1 Å². The van der Waals surface area contributed by atoms with E-state index in [0.29, 0.717) is 36.1 Å². The number of carbonyl (C=O) groups excluding carboxylic acids is 3. The minimum atomic E-state index is -1.25. The molecule has 1 saturated carbocycles. The SMILES string of the molecule is CCCN(CC1CC1)C(=O)CN1C(=O)N[C@](C)(c2ccc3c(c2)OCO3)C1=O. The molecule has 8 nitrogen and oxygen atoms in total. The summed E-state index contributed by atoms with van der Waals surface area (Å²) in [5, 5.41) is 2.74. The second kappa shape index (κ2) is 7.00. The fourth-order valence-corrected chi connectivity index (χ4v) is 3.68. The van der Waals surface area contributed by atoms with E-state index in [-0.39, 0.29) is 19.2 Å². The number of imide groups is 1. The Balaban J connectivity index is 1.50. The lowest BCUT2D eigenvalue weighted by atomic mass is 9.91. The van der Waals surface area contributed by atoms with Crippen LogP contribution in [0.4, 0.5) is 4.79 Å². The topological polar surface area (TPSA) is 88.2 Å². The molecule has 1 saturated heterocycles. The number of nitrogens with zero attached hydrogens (tertiary/aromatic N) is 2. The van der Waals surface area contributed by atoms with E-state index in [1.54, 1.807) is 30.0 Å². The number of amides is 4. The van der Waals surface area contributed by atoms with Gasteiger partial charge in [-0.25, -0.2) is 4.79 Å². The van der Waals surface area contributed by atoms with E-state index in [2.05, 4.69) is 5.32 Å². The van der Waals surface area contributed by atoms with Crippen molar-refractivity contribution in [2.45, 2.75) is 38.6 Å². The van der Waals surface area contributed by atoms with Gasteiger partial charge in [0.2, 0.25) is 12.7 Å². The summed E-state index contributed by atoms with van der Waals surface area (Å²) >= 11 is 0. The summed E-state index contributed by atoms with van der Waals surface area (Å²) in [5.74, 6) is 1.07. The van der Waals surface area contributed by atoms with Gasteiger partial charge in [0, 0.05) is 13.1 Å². The molecule has 1 aromatic carbocycles. The summed E-state index contributed by atoms with van der Waals surface area (Å²) < 4.78 is 10.7. The molecule has 28 heavy (non-hydrogen) atoms. The summed E-state index contributed by atoms with van der Waals surface area (Å²) in [4.78, 5) is 41.2. The molecule has 0 unspecified atom stereocenters. The highest BCUT2D eigenvalue weighted by Crippen LogP contribution is 2.38. The van der Waals surface area contributed by atoms with Gasteiger partial charge in [0.05, 0.1) is 0 Å². The van der Waals surface area contributed by atoms with Crippen molar-refractivity contribution in [3.05, 3.63) is 23.8 Å². The second-order valence-electron chi connectivity index (χ2n) is 7.80. The van der Waals surface area contributed by atoms with Crippen LogP contribution in [0.5, 0.6) is 11.5 Å². The summed E-state index contributed by atoms with van der Waals surface area (Å²) in [5.41, 5.74) is -0.654. The molecule has 2 aliphatic heterocycles. The molecule has 8 heteroatoms. The van der Waals surface area contributed by atoms with E-state index in [1.807, 2.05) is 6.92 Å². The van der Waals surface area contributed by atoms with E-state index in [0.717, 1.165) is 24.2 Å². The molecular weight excluding hydrogens is 362 g/mol. The van der Waals surface area contributed by atoms with Crippen molar-refractivity contribution in [3.8, 4) is 11.5 Å². The summed E-state index contributed by atoms with van der Waals surface area (Å²) in [7, 11) is 0. The number of rotatable bonds is 7. The Morgan fingerprint density at radius 2 is 2.04 bits per heavy atom. The zero-order valence-corrected chi connectivity index (χ0v) is 16.2. The van der Waals surface area contributed by atoms with Gasteiger partial charge in [-0.3, -0.25) is 14.5 Å². The van der Waals surface area contributed by atoms with Gasteiger partial charge in [0.15, 0.2) is 11.5 Å². The van der Waals surface area contributed by atoms with Gasteiger partial charge < -0.3 is 19.7 Å². The number of hydrogen-bond acceptors (Lipinski definition) is 5. The average Bonchev–Trinajstić information content (AvgIpc) is 3.31. The predicted molar refractivity (Wildman–Crippen MR) is 99.8 cm³/mol.